The summed E-state index contributed by atoms with van der Waals surface area (Å²) in [6.45, 7) is 14.4. The number of unbranched alkanes of at least 4 members (excludes halogenated alkanes) is 5. The first-order valence-electron chi connectivity index (χ1n) is 13.0. The van der Waals surface area contributed by atoms with Gasteiger partial charge in [-0.3, -0.25) is 14.4 Å². The lowest BCUT2D eigenvalue weighted by Gasteiger charge is -2.34. The summed E-state index contributed by atoms with van der Waals surface area (Å²) in [6, 6.07) is 0. The minimum absolute atomic E-state index is 0.159. The maximum absolute atomic E-state index is 12.3. The van der Waals surface area contributed by atoms with Crippen molar-refractivity contribution in [3.8, 4) is 0 Å². The third kappa shape index (κ3) is 18.8. The minimum atomic E-state index is -0.650. The molecule has 0 fully saturated rings. The molecule has 0 radical (unpaired) electrons. The van der Waals surface area contributed by atoms with E-state index in [0.717, 1.165) is 57.9 Å². The van der Waals surface area contributed by atoms with Gasteiger partial charge in [-0.1, -0.05) is 39.0 Å². The van der Waals surface area contributed by atoms with Gasteiger partial charge in [-0.25, -0.2) is 0 Å². The Morgan fingerprint density at radius 1 is 0.667 bits per heavy atom. The van der Waals surface area contributed by atoms with Crippen molar-refractivity contribution in [2.45, 2.75) is 63.3 Å². The van der Waals surface area contributed by atoms with E-state index >= 15 is 0 Å². The predicted octanol–water partition coefficient (Wildman–Crippen LogP) is 2.40. The van der Waals surface area contributed by atoms with Crippen LogP contribution in [0, 0.1) is 0 Å². The van der Waals surface area contributed by atoms with Crippen molar-refractivity contribution in [2.75, 3.05) is 53.1 Å². The third-order valence-corrected chi connectivity index (χ3v) is 5.56. The molecule has 36 heavy (non-hydrogen) atoms. The van der Waals surface area contributed by atoms with Crippen molar-refractivity contribution in [3.63, 3.8) is 0 Å². The van der Waals surface area contributed by atoms with Crippen LogP contribution in [-0.4, -0.2) is 76.4 Å². The molecule has 0 aromatic carbocycles. The largest absolute Gasteiger partial charge is 0.379 e. The Balaban J connectivity index is 4.79. The second-order valence-corrected chi connectivity index (χ2v) is 8.75. The van der Waals surface area contributed by atoms with E-state index in [1.165, 1.54) is 18.2 Å². The summed E-state index contributed by atoms with van der Waals surface area (Å²) >= 11 is 0. The quantitative estimate of drug-likeness (QED) is 0.111. The molecule has 0 aliphatic carbocycles. The lowest BCUT2D eigenvalue weighted by atomic mass is 9.93. The SMILES string of the molecule is C=CC(=O)NCCCCCCC(COCCCCNC)(COCCCCNC(=O)C=C)NC(=O)C=C. The number of ether oxygens (including phenoxy) is 2. The summed E-state index contributed by atoms with van der Waals surface area (Å²) in [5.41, 5.74) is -0.650. The molecule has 0 saturated carbocycles. The number of nitrogens with one attached hydrogen (secondary N) is 4. The first-order chi connectivity index (χ1) is 17.4. The van der Waals surface area contributed by atoms with Crippen LogP contribution in [0.5, 0.6) is 0 Å². The van der Waals surface area contributed by atoms with Gasteiger partial charge in [-0.05, 0) is 70.3 Å². The second-order valence-electron chi connectivity index (χ2n) is 8.75. The molecular formula is C27H48N4O5. The maximum atomic E-state index is 12.3. The molecule has 206 valence electrons. The number of hydrogen-bond donors (Lipinski definition) is 4. The number of carbonyl (C=O) groups is 3. The normalized spacial score (nSPS) is 12.2. The molecule has 0 aliphatic rings. The number of rotatable bonds is 25. The fourth-order valence-electron chi connectivity index (χ4n) is 3.51. The zero-order valence-electron chi connectivity index (χ0n) is 22.2. The first-order valence-corrected chi connectivity index (χ1v) is 13.0. The summed E-state index contributed by atoms with van der Waals surface area (Å²) in [4.78, 5) is 34.8. The molecule has 0 aromatic rings. The minimum Gasteiger partial charge on any atom is -0.379 e. The summed E-state index contributed by atoms with van der Waals surface area (Å²) in [7, 11) is 1.93. The molecule has 3 amide bonds. The lowest BCUT2D eigenvalue weighted by molar-refractivity contribution is -0.121. The van der Waals surface area contributed by atoms with Gasteiger partial charge >= 0.3 is 0 Å². The van der Waals surface area contributed by atoms with Crippen LogP contribution in [0.25, 0.3) is 0 Å². The van der Waals surface area contributed by atoms with E-state index in [1.54, 1.807) is 0 Å². The van der Waals surface area contributed by atoms with E-state index in [2.05, 4.69) is 41.0 Å². The monoisotopic (exact) mass is 508 g/mol. The van der Waals surface area contributed by atoms with Crippen LogP contribution in [0.1, 0.15) is 57.8 Å². The first kappa shape index (κ1) is 33.5. The highest BCUT2D eigenvalue weighted by Gasteiger charge is 2.32. The Hall–Kier alpha value is -2.49. The van der Waals surface area contributed by atoms with Crippen LogP contribution in [0.4, 0.5) is 0 Å². The lowest BCUT2D eigenvalue weighted by Crippen LogP contribution is -2.55. The van der Waals surface area contributed by atoms with E-state index < -0.39 is 5.54 Å². The standard InChI is InChI=1S/C27H48N4O5/c1-5-24(32)29-18-11-9-8-10-16-27(31-26(34)7-3,22-35-20-14-12-17-28-4)23-36-21-15-13-19-30-25(33)6-2/h5-7,28H,1-3,8-23H2,4H3,(H,29,32)(H,30,33)(H,31,34). The molecule has 0 bridgehead atoms. The molecule has 0 heterocycles. The smallest absolute Gasteiger partial charge is 0.243 e. The van der Waals surface area contributed by atoms with E-state index in [9.17, 15) is 14.4 Å². The Labute approximate surface area is 217 Å². The molecule has 0 aromatic heterocycles. The molecular weight excluding hydrogens is 460 g/mol. The molecule has 4 N–H and O–H groups in total. The summed E-state index contributed by atoms with van der Waals surface area (Å²) in [6.07, 6.45) is 11.7. The van der Waals surface area contributed by atoms with Crippen LogP contribution in [0.15, 0.2) is 38.0 Å². The Bertz CT molecular complexity index is 620. The van der Waals surface area contributed by atoms with Gasteiger partial charge in [0.2, 0.25) is 17.7 Å². The van der Waals surface area contributed by atoms with Crippen LogP contribution < -0.4 is 21.3 Å². The van der Waals surface area contributed by atoms with E-state index in [0.29, 0.717) is 45.9 Å². The zero-order chi connectivity index (χ0) is 26.9. The average molecular weight is 509 g/mol. The van der Waals surface area contributed by atoms with Crippen LogP contribution in [-0.2, 0) is 23.9 Å². The molecule has 9 nitrogen and oxygen atoms in total. The van der Waals surface area contributed by atoms with Gasteiger partial charge in [0, 0.05) is 26.3 Å². The third-order valence-electron chi connectivity index (χ3n) is 5.56. The van der Waals surface area contributed by atoms with Gasteiger partial charge in [0.05, 0.1) is 18.8 Å². The molecule has 0 saturated heterocycles. The Kier molecular flexibility index (Phi) is 21.4. The van der Waals surface area contributed by atoms with Crippen molar-refractivity contribution >= 4 is 17.7 Å². The highest BCUT2D eigenvalue weighted by molar-refractivity contribution is 5.87. The van der Waals surface area contributed by atoms with Crippen molar-refractivity contribution in [3.05, 3.63) is 38.0 Å². The molecule has 0 rings (SSSR count). The van der Waals surface area contributed by atoms with Crippen LogP contribution >= 0.6 is 0 Å². The van der Waals surface area contributed by atoms with E-state index in [1.807, 2.05) is 7.05 Å². The summed E-state index contributed by atoms with van der Waals surface area (Å²) in [5.74, 6) is -0.595. The predicted molar refractivity (Wildman–Crippen MR) is 145 cm³/mol. The molecule has 0 aliphatic heterocycles. The molecule has 0 spiro atoms. The highest BCUT2D eigenvalue weighted by atomic mass is 16.5. The van der Waals surface area contributed by atoms with Gasteiger partial charge in [0.15, 0.2) is 0 Å². The van der Waals surface area contributed by atoms with Gasteiger partial charge in [0.1, 0.15) is 0 Å². The zero-order valence-corrected chi connectivity index (χ0v) is 22.2. The van der Waals surface area contributed by atoms with Crippen LogP contribution in [0.3, 0.4) is 0 Å². The summed E-state index contributed by atoms with van der Waals surface area (Å²) < 4.78 is 12.0. The fourth-order valence-corrected chi connectivity index (χ4v) is 3.51. The van der Waals surface area contributed by atoms with E-state index in [-0.39, 0.29) is 17.7 Å². The topological polar surface area (TPSA) is 118 Å². The number of hydrogen-bond acceptors (Lipinski definition) is 6. The number of amides is 3. The molecule has 9 heteroatoms. The highest BCUT2D eigenvalue weighted by Crippen LogP contribution is 2.19. The maximum Gasteiger partial charge on any atom is 0.243 e. The van der Waals surface area contributed by atoms with Crippen molar-refractivity contribution in [2.24, 2.45) is 0 Å². The Morgan fingerprint density at radius 3 is 1.64 bits per heavy atom. The average Bonchev–Trinajstić information content (AvgIpc) is 2.88. The number of carbonyl (C=O) groups excluding carboxylic acids is 3. The molecule has 1 atom stereocenters. The van der Waals surface area contributed by atoms with Gasteiger partial charge in [-0.15, -0.1) is 0 Å². The fraction of sp³-hybridized carbons (Fsp3) is 0.667. The van der Waals surface area contributed by atoms with Gasteiger partial charge in [-0.2, -0.15) is 0 Å². The molecule has 1 unspecified atom stereocenters. The summed E-state index contributed by atoms with van der Waals surface area (Å²) in [5, 5.41) is 11.7. The second kappa shape index (κ2) is 22.9. The van der Waals surface area contributed by atoms with Gasteiger partial charge in [0.25, 0.3) is 0 Å². The van der Waals surface area contributed by atoms with Crippen molar-refractivity contribution < 1.29 is 23.9 Å². The Morgan fingerprint density at radius 2 is 1.14 bits per heavy atom. The van der Waals surface area contributed by atoms with Crippen molar-refractivity contribution in [1.82, 2.24) is 21.3 Å². The van der Waals surface area contributed by atoms with Crippen LogP contribution in [0.2, 0.25) is 0 Å². The van der Waals surface area contributed by atoms with Gasteiger partial charge < -0.3 is 30.7 Å². The van der Waals surface area contributed by atoms with E-state index in [4.69, 9.17) is 9.47 Å². The van der Waals surface area contributed by atoms with Crippen molar-refractivity contribution in [1.29, 1.82) is 0 Å².